The van der Waals surface area contributed by atoms with Gasteiger partial charge in [0.25, 0.3) is 0 Å². The van der Waals surface area contributed by atoms with Crippen molar-refractivity contribution in [3.05, 3.63) is 0 Å². The zero-order valence-corrected chi connectivity index (χ0v) is 26.1. The number of aliphatic hydroxyl groups excluding tert-OH is 2. The second-order valence-electron chi connectivity index (χ2n) is 17.3. The number of fused-ring (bicyclic) bond motifs is 7. The minimum Gasteiger partial charge on any atom is -0.457 e. The number of hydrogen-bond acceptors (Lipinski definition) is 4. The Morgan fingerprint density at radius 2 is 1.44 bits per heavy atom. The lowest BCUT2D eigenvalue weighted by Gasteiger charge is -2.73. The summed E-state index contributed by atoms with van der Waals surface area (Å²) < 4.78 is 5.29. The number of cyclic esters (lactones) is 1. The summed E-state index contributed by atoms with van der Waals surface area (Å²) in [4.78, 5) is 11.7. The van der Waals surface area contributed by atoms with E-state index in [9.17, 15) is 15.0 Å². The van der Waals surface area contributed by atoms with Crippen molar-refractivity contribution < 1.29 is 19.7 Å². The fourth-order valence-electron chi connectivity index (χ4n) is 13.5. The summed E-state index contributed by atoms with van der Waals surface area (Å²) in [7, 11) is 0. The van der Waals surface area contributed by atoms with Gasteiger partial charge in [-0.3, -0.25) is 0 Å². The maximum absolute atomic E-state index is 11.7. The maximum atomic E-state index is 11.7. The summed E-state index contributed by atoms with van der Waals surface area (Å²) in [5, 5.41) is 20.1. The first-order valence-electron chi connectivity index (χ1n) is 16.8. The summed E-state index contributed by atoms with van der Waals surface area (Å²) in [6.45, 7) is 18.5. The summed E-state index contributed by atoms with van der Waals surface area (Å²) >= 11 is 0. The van der Waals surface area contributed by atoms with Gasteiger partial charge in [0.1, 0.15) is 12.2 Å². The van der Waals surface area contributed by atoms with Crippen molar-refractivity contribution in [2.75, 3.05) is 0 Å². The summed E-state index contributed by atoms with van der Waals surface area (Å²) in [6, 6.07) is 0. The number of carbonyl (C=O) groups is 1. The molecule has 13 atom stereocenters. The molecule has 0 amide bonds. The van der Waals surface area contributed by atoms with Gasteiger partial charge in [0.15, 0.2) is 6.10 Å². The van der Waals surface area contributed by atoms with Crippen molar-refractivity contribution in [1.29, 1.82) is 0 Å². The topological polar surface area (TPSA) is 66.8 Å². The molecule has 1 aliphatic heterocycles. The van der Waals surface area contributed by atoms with Crippen molar-refractivity contribution in [2.45, 2.75) is 150 Å². The van der Waals surface area contributed by atoms with Gasteiger partial charge in [-0.15, -0.1) is 0 Å². The van der Waals surface area contributed by atoms with Crippen LogP contribution in [0.5, 0.6) is 0 Å². The fourth-order valence-corrected chi connectivity index (χ4v) is 13.5. The van der Waals surface area contributed by atoms with Crippen LogP contribution in [0.1, 0.15) is 132 Å². The van der Waals surface area contributed by atoms with Crippen LogP contribution >= 0.6 is 0 Å². The van der Waals surface area contributed by atoms with Gasteiger partial charge in [-0.1, -0.05) is 54.9 Å². The van der Waals surface area contributed by atoms with E-state index in [4.69, 9.17) is 4.74 Å². The minimum absolute atomic E-state index is 0.430. The molecule has 0 radical (unpaired) electrons. The van der Waals surface area contributed by atoms with Gasteiger partial charge in [0.05, 0.1) is 0 Å². The highest BCUT2D eigenvalue weighted by molar-refractivity contribution is 5.77. The Hall–Kier alpha value is -0.610. The number of rotatable bonds is 4. The van der Waals surface area contributed by atoms with Gasteiger partial charge in [-0.25, -0.2) is 4.79 Å². The molecule has 5 aliphatic carbocycles. The van der Waals surface area contributed by atoms with Crippen molar-refractivity contribution in [3.8, 4) is 0 Å². The Balaban J connectivity index is 1.20. The molecule has 0 bridgehead atoms. The summed E-state index contributed by atoms with van der Waals surface area (Å²) in [6.07, 6.45) is 14.1. The molecule has 4 heteroatoms. The van der Waals surface area contributed by atoms with Crippen LogP contribution in [-0.4, -0.2) is 34.5 Å². The highest BCUT2D eigenvalue weighted by atomic mass is 16.6. The molecular weight excluding hydrogens is 484 g/mol. The Kier molecular flexibility index (Phi) is 6.72. The minimum atomic E-state index is -1.37. The highest BCUT2D eigenvalue weighted by Gasteiger charge is 2.70. The lowest BCUT2D eigenvalue weighted by atomic mass is 9.32. The van der Waals surface area contributed by atoms with Crippen molar-refractivity contribution >= 4 is 5.97 Å². The molecule has 6 fully saturated rings. The Morgan fingerprint density at radius 3 is 2.08 bits per heavy atom. The smallest absolute Gasteiger partial charge is 0.338 e. The SMILES string of the molecule is C[C@H](CC[C@H]1OC(=O)[C@H](O)[C@@H]1O)[C@H]1CC[C@]2(C)[C@H]3CC[C@@H]4[C@@]5(C)CCCC(C)(C)[C@@H]5CC[C@@]4(C)[C@]3(C)CC[C@@H]12. The van der Waals surface area contributed by atoms with E-state index in [0.29, 0.717) is 39.4 Å². The average Bonchev–Trinajstić information content (AvgIpc) is 3.33. The standard InChI is InChI=1S/C35H58O4/c1-21(9-10-24-28(36)29(37)30(38)39-24)22-13-18-32(4)23(22)14-19-34(6)26(32)11-12-27-33(5)17-8-16-31(2,3)25(33)15-20-35(27,34)7/h21-29,36-37H,8-20H2,1-7H3/t21-,22-,23+,24-,25+,26-,27-,28-,29-,32+,33+,34-,35-/m1/s1. The molecule has 6 rings (SSSR count). The first-order chi connectivity index (χ1) is 18.2. The molecule has 6 aliphatic rings. The number of hydrogen-bond donors (Lipinski definition) is 2. The molecule has 1 heterocycles. The van der Waals surface area contributed by atoms with E-state index in [1.165, 1.54) is 70.6 Å². The monoisotopic (exact) mass is 542 g/mol. The van der Waals surface area contributed by atoms with E-state index in [2.05, 4.69) is 48.5 Å². The highest BCUT2D eigenvalue weighted by Crippen LogP contribution is 2.78. The van der Waals surface area contributed by atoms with Crippen LogP contribution in [0.15, 0.2) is 0 Å². The number of carbonyl (C=O) groups excluding carboxylic acids is 1. The number of ether oxygens (including phenoxy) is 1. The van der Waals surface area contributed by atoms with Crippen LogP contribution in [-0.2, 0) is 9.53 Å². The van der Waals surface area contributed by atoms with E-state index < -0.39 is 24.3 Å². The third-order valence-corrected chi connectivity index (χ3v) is 15.6. The number of esters is 1. The molecule has 2 N–H and O–H groups in total. The first kappa shape index (κ1) is 28.5. The van der Waals surface area contributed by atoms with E-state index in [1.54, 1.807) is 0 Å². The lowest BCUT2D eigenvalue weighted by Crippen LogP contribution is -2.65. The van der Waals surface area contributed by atoms with Crippen LogP contribution in [0.2, 0.25) is 0 Å². The molecule has 0 spiro atoms. The Labute approximate surface area is 238 Å². The van der Waals surface area contributed by atoms with Gasteiger partial charge in [-0.2, -0.15) is 0 Å². The third-order valence-electron chi connectivity index (χ3n) is 15.6. The molecule has 5 saturated carbocycles. The maximum Gasteiger partial charge on any atom is 0.338 e. The molecule has 0 aromatic rings. The lowest BCUT2D eigenvalue weighted by molar-refractivity contribution is -0.241. The van der Waals surface area contributed by atoms with Gasteiger partial charge in [0.2, 0.25) is 0 Å². The van der Waals surface area contributed by atoms with Gasteiger partial charge in [-0.05, 0) is 140 Å². The normalized spacial score (nSPS) is 55.2. The van der Waals surface area contributed by atoms with Crippen molar-refractivity contribution in [1.82, 2.24) is 0 Å². The largest absolute Gasteiger partial charge is 0.457 e. The van der Waals surface area contributed by atoms with E-state index in [0.717, 1.165) is 36.0 Å². The van der Waals surface area contributed by atoms with Gasteiger partial charge in [0, 0.05) is 0 Å². The van der Waals surface area contributed by atoms with Crippen LogP contribution in [0.25, 0.3) is 0 Å². The molecule has 0 aromatic heterocycles. The summed E-state index contributed by atoms with van der Waals surface area (Å²) in [5.74, 6) is 3.98. The molecule has 39 heavy (non-hydrogen) atoms. The molecule has 0 unspecified atom stereocenters. The zero-order chi connectivity index (χ0) is 28.2. The Bertz CT molecular complexity index is 976. The van der Waals surface area contributed by atoms with Crippen LogP contribution in [0.3, 0.4) is 0 Å². The molecule has 222 valence electrons. The zero-order valence-electron chi connectivity index (χ0n) is 26.1. The average molecular weight is 543 g/mol. The van der Waals surface area contributed by atoms with E-state index in [1.807, 2.05) is 0 Å². The fraction of sp³-hybridized carbons (Fsp3) is 0.971. The molecule has 4 nitrogen and oxygen atoms in total. The first-order valence-corrected chi connectivity index (χ1v) is 16.8. The van der Waals surface area contributed by atoms with Gasteiger partial charge < -0.3 is 14.9 Å². The van der Waals surface area contributed by atoms with Crippen LogP contribution in [0, 0.1) is 62.6 Å². The van der Waals surface area contributed by atoms with Crippen LogP contribution < -0.4 is 0 Å². The number of aliphatic hydroxyl groups is 2. The van der Waals surface area contributed by atoms with Gasteiger partial charge >= 0.3 is 5.97 Å². The molecule has 1 saturated heterocycles. The van der Waals surface area contributed by atoms with Crippen molar-refractivity contribution in [2.24, 2.45) is 62.6 Å². The Morgan fingerprint density at radius 1 is 0.795 bits per heavy atom. The third kappa shape index (κ3) is 3.84. The van der Waals surface area contributed by atoms with Crippen LogP contribution in [0.4, 0.5) is 0 Å². The second kappa shape index (κ2) is 9.19. The second-order valence-corrected chi connectivity index (χ2v) is 17.3. The predicted octanol–water partition coefficient (Wildman–Crippen LogP) is 7.54. The summed E-state index contributed by atoms with van der Waals surface area (Å²) in [5.41, 5.74) is 2.33. The van der Waals surface area contributed by atoms with E-state index in [-0.39, 0.29) is 0 Å². The van der Waals surface area contributed by atoms with E-state index >= 15 is 0 Å². The molecular formula is C35H58O4. The van der Waals surface area contributed by atoms with Crippen molar-refractivity contribution in [3.63, 3.8) is 0 Å². The predicted molar refractivity (Wildman–Crippen MR) is 155 cm³/mol. The molecule has 0 aromatic carbocycles. The quantitative estimate of drug-likeness (QED) is 0.360.